The van der Waals surface area contributed by atoms with Gasteiger partial charge in [0.05, 0.1) is 17.2 Å². The van der Waals surface area contributed by atoms with Crippen LogP contribution in [0.3, 0.4) is 0 Å². The first-order chi connectivity index (χ1) is 17.1. The van der Waals surface area contributed by atoms with E-state index in [1.165, 1.54) is 5.56 Å². The second-order valence-corrected chi connectivity index (χ2v) is 9.86. The van der Waals surface area contributed by atoms with Crippen LogP contribution in [0.4, 0.5) is 5.69 Å². The van der Waals surface area contributed by atoms with Gasteiger partial charge in [0.15, 0.2) is 0 Å². The molecular formula is C28H30ClN5O. The van der Waals surface area contributed by atoms with Crippen molar-refractivity contribution in [3.05, 3.63) is 88.6 Å². The fourth-order valence-corrected chi connectivity index (χ4v) is 5.25. The summed E-state index contributed by atoms with van der Waals surface area (Å²) >= 11 is 6.01. The summed E-state index contributed by atoms with van der Waals surface area (Å²) in [4.78, 5) is 22.3. The van der Waals surface area contributed by atoms with Crippen LogP contribution in [0, 0.1) is 11.3 Å². The Hall–Kier alpha value is -3.27. The average molecular weight is 488 g/mol. The van der Waals surface area contributed by atoms with E-state index in [9.17, 15) is 4.79 Å². The molecule has 3 aliphatic heterocycles. The Labute approximate surface area is 212 Å². The topological polar surface area (TPSA) is 53.8 Å². The second kappa shape index (κ2) is 10.6. The zero-order valence-corrected chi connectivity index (χ0v) is 20.6. The maximum atomic E-state index is 13.3. The Morgan fingerprint density at radius 1 is 1.00 bits per heavy atom. The minimum Gasteiger partial charge on any atom is -0.369 e. The molecule has 3 aliphatic rings. The lowest BCUT2D eigenvalue weighted by molar-refractivity contribution is -0.127. The van der Waals surface area contributed by atoms with Gasteiger partial charge in [0.25, 0.3) is 5.91 Å². The Morgan fingerprint density at radius 2 is 1.74 bits per heavy atom. The van der Waals surface area contributed by atoms with Crippen LogP contribution < -0.4 is 4.90 Å². The maximum Gasteiger partial charge on any atom is 0.255 e. The van der Waals surface area contributed by atoms with Gasteiger partial charge in [-0.1, -0.05) is 35.9 Å². The highest BCUT2D eigenvalue weighted by atomic mass is 35.5. The highest BCUT2D eigenvalue weighted by Crippen LogP contribution is 2.23. The van der Waals surface area contributed by atoms with E-state index in [4.69, 9.17) is 16.9 Å². The van der Waals surface area contributed by atoms with Crippen LogP contribution in [0.5, 0.6) is 0 Å². The third-order valence-electron chi connectivity index (χ3n) is 7.13. The molecule has 2 fully saturated rings. The average Bonchev–Trinajstić information content (AvgIpc) is 3.38. The van der Waals surface area contributed by atoms with Gasteiger partial charge in [-0.2, -0.15) is 5.26 Å². The van der Waals surface area contributed by atoms with Crippen molar-refractivity contribution >= 4 is 23.2 Å². The highest BCUT2D eigenvalue weighted by Gasteiger charge is 2.29. The van der Waals surface area contributed by atoms with Crippen LogP contribution in [0.2, 0.25) is 5.02 Å². The lowest BCUT2D eigenvalue weighted by Crippen LogP contribution is -2.49. The zero-order valence-electron chi connectivity index (χ0n) is 19.8. The number of carbonyl (C=O) groups excluding carboxylic acids is 1. The molecule has 0 aliphatic carbocycles. The standard InChI is InChI=1S/C28H30ClN5O/c29-25-7-9-26(10-8-25)32-14-16-33(17-15-32)28(35)24-2-1-12-34(20-24)27-11-13-31(21-27)19-23-5-3-22(18-30)4-6-23/h1-10,20,27H,11-17,19,21H2/t27-/m0/s1. The number of carbonyl (C=O) groups is 1. The number of hydrogen-bond donors (Lipinski definition) is 0. The quantitative estimate of drug-likeness (QED) is 0.640. The molecule has 0 unspecified atom stereocenters. The molecule has 1 amide bonds. The number of benzene rings is 2. The summed E-state index contributed by atoms with van der Waals surface area (Å²) in [5.41, 5.74) is 3.85. The van der Waals surface area contributed by atoms with Gasteiger partial charge in [0, 0.05) is 75.3 Å². The smallest absolute Gasteiger partial charge is 0.255 e. The molecule has 0 saturated carbocycles. The van der Waals surface area contributed by atoms with Gasteiger partial charge in [-0.3, -0.25) is 9.69 Å². The summed E-state index contributed by atoms with van der Waals surface area (Å²) in [6.07, 6.45) is 7.25. The normalized spacial score (nSPS) is 20.6. The monoisotopic (exact) mass is 487 g/mol. The van der Waals surface area contributed by atoms with Gasteiger partial charge in [-0.25, -0.2) is 0 Å². The predicted molar refractivity (Wildman–Crippen MR) is 139 cm³/mol. The number of likely N-dealkylation sites (tertiary alicyclic amines) is 1. The summed E-state index contributed by atoms with van der Waals surface area (Å²) in [5, 5.41) is 9.73. The summed E-state index contributed by atoms with van der Waals surface area (Å²) in [5.74, 6) is 0.120. The molecule has 0 bridgehead atoms. The van der Waals surface area contributed by atoms with Crippen LogP contribution in [-0.4, -0.2) is 72.5 Å². The number of amides is 1. The van der Waals surface area contributed by atoms with Crippen molar-refractivity contribution in [2.75, 3.05) is 50.7 Å². The first-order valence-corrected chi connectivity index (χ1v) is 12.6. The van der Waals surface area contributed by atoms with Crippen molar-refractivity contribution in [1.82, 2.24) is 14.7 Å². The van der Waals surface area contributed by atoms with E-state index >= 15 is 0 Å². The largest absolute Gasteiger partial charge is 0.369 e. The number of nitriles is 1. The van der Waals surface area contributed by atoms with Crippen LogP contribution >= 0.6 is 11.6 Å². The highest BCUT2D eigenvalue weighted by molar-refractivity contribution is 6.30. The molecule has 180 valence electrons. The third kappa shape index (κ3) is 5.53. The Bertz CT molecular complexity index is 1140. The van der Waals surface area contributed by atoms with E-state index < -0.39 is 0 Å². The molecule has 2 aromatic rings. The first kappa shape index (κ1) is 23.5. The third-order valence-corrected chi connectivity index (χ3v) is 7.38. The Balaban J connectivity index is 1.15. The predicted octanol–water partition coefficient (Wildman–Crippen LogP) is 3.89. The van der Waals surface area contributed by atoms with Gasteiger partial charge in [0.2, 0.25) is 0 Å². The zero-order chi connectivity index (χ0) is 24.2. The van der Waals surface area contributed by atoms with Crippen LogP contribution in [0.1, 0.15) is 17.5 Å². The first-order valence-electron chi connectivity index (χ1n) is 12.2. The minimum atomic E-state index is 0.120. The van der Waals surface area contributed by atoms with Crippen LogP contribution in [0.25, 0.3) is 0 Å². The van der Waals surface area contributed by atoms with Gasteiger partial charge < -0.3 is 14.7 Å². The molecule has 0 N–H and O–H groups in total. The fourth-order valence-electron chi connectivity index (χ4n) is 5.13. The van der Waals surface area contributed by atoms with E-state index in [1.807, 2.05) is 59.5 Å². The van der Waals surface area contributed by atoms with Crippen molar-refractivity contribution in [3.63, 3.8) is 0 Å². The number of piperazine rings is 1. The minimum absolute atomic E-state index is 0.120. The summed E-state index contributed by atoms with van der Waals surface area (Å²) in [6.45, 7) is 6.82. The molecule has 2 aromatic carbocycles. The molecule has 7 heteroatoms. The summed E-state index contributed by atoms with van der Waals surface area (Å²) < 4.78 is 0. The lowest BCUT2D eigenvalue weighted by atomic mass is 10.1. The van der Waals surface area contributed by atoms with Gasteiger partial charge in [-0.15, -0.1) is 0 Å². The number of halogens is 1. The molecule has 6 nitrogen and oxygen atoms in total. The van der Waals surface area contributed by atoms with Gasteiger partial charge >= 0.3 is 0 Å². The number of rotatable bonds is 5. The molecule has 35 heavy (non-hydrogen) atoms. The molecule has 2 saturated heterocycles. The Morgan fingerprint density at radius 3 is 2.46 bits per heavy atom. The van der Waals surface area contributed by atoms with E-state index in [0.717, 1.165) is 62.0 Å². The summed E-state index contributed by atoms with van der Waals surface area (Å²) in [6, 6.07) is 18.3. The van der Waals surface area contributed by atoms with Crippen molar-refractivity contribution in [1.29, 1.82) is 5.26 Å². The number of anilines is 1. The van der Waals surface area contributed by atoms with Crippen molar-refractivity contribution in [2.24, 2.45) is 0 Å². The summed E-state index contributed by atoms with van der Waals surface area (Å²) in [7, 11) is 0. The van der Waals surface area contributed by atoms with Gasteiger partial charge in [0.1, 0.15) is 0 Å². The molecule has 1 atom stereocenters. The van der Waals surface area contributed by atoms with E-state index in [-0.39, 0.29) is 5.91 Å². The van der Waals surface area contributed by atoms with E-state index in [0.29, 0.717) is 24.7 Å². The lowest BCUT2D eigenvalue weighted by Gasteiger charge is -2.37. The van der Waals surface area contributed by atoms with Crippen molar-refractivity contribution in [2.45, 2.75) is 19.0 Å². The number of nitrogens with zero attached hydrogens (tertiary/aromatic N) is 5. The van der Waals surface area contributed by atoms with E-state index in [2.05, 4.69) is 33.0 Å². The second-order valence-electron chi connectivity index (χ2n) is 9.43. The fraction of sp³-hybridized carbons (Fsp3) is 0.357. The molecule has 0 aromatic heterocycles. The molecular weight excluding hydrogens is 458 g/mol. The van der Waals surface area contributed by atoms with Gasteiger partial charge in [-0.05, 0) is 48.4 Å². The molecule has 3 heterocycles. The van der Waals surface area contributed by atoms with E-state index in [1.54, 1.807) is 0 Å². The van der Waals surface area contributed by atoms with Crippen molar-refractivity contribution in [3.8, 4) is 6.07 Å². The van der Waals surface area contributed by atoms with Crippen LogP contribution in [-0.2, 0) is 11.3 Å². The molecule has 5 rings (SSSR count). The Kier molecular flexibility index (Phi) is 7.08. The number of hydrogen-bond acceptors (Lipinski definition) is 5. The van der Waals surface area contributed by atoms with Crippen LogP contribution in [0.15, 0.2) is 72.5 Å². The molecule has 0 spiro atoms. The SMILES string of the molecule is N#Cc1ccc(CN2CC[C@H](N3C=C(C(=O)N4CCN(c5ccc(Cl)cc5)CC4)C=CC3)C2)cc1. The molecule has 0 radical (unpaired) electrons. The maximum absolute atomic E-state index is 13.3. The van der Waals surface area contributed by atoms with Crippen molar-refractivity contribution < 1.29 is 4.79 Å².